The summed E-state index contributed by atoms with van der Waals surface area (Å²) in [5, 5.41) is 8.61. The van der Waals surface area contributed by atoms with Crippen LogP contribution in [0.15, 0.2) is 48.6 Å². The molecule has 0 spiro atoms. The van der Waals surface area contributed by atoms with Crippen molar-refractivity contribution >= 4 is 11.9 Å². The van der Waals surface area contributed by atoms with Crippen molar-refractivity contribution in [3.63, 3.8) is 0 Å². The van der Waals surface area contributed by atoms with Crippen molar-refractivity contribution in [2.75, 3.05) is 41.0 Å². The van der Waals surface area contributed by atoms with E-state index in [1.807, 2.05) is 24.3 Å². The van der Waals surface area contributed by atoms with Gasteiger partial charge >= 0.3 is 11.9 Å². The number of aliphatic carboxylic acids is 1. The molecule has 0 amide bonds. The molecule has 0 fully saturated rings. The minimum absolute atomic E-state index is 0.135. The lowest BCUT2D eigenvalue weighted by molar-refractivity contribution is -0.139. The van der Waals surface area contributed by atoms with Gasteiger partial charge in [0.05, 0.1) is 27.9 Å². The third kappa shape index (κ3) is 6.51. The second-order valence-corrected chi connectivity index (χ2v) is 7.95. The Morgan fingerprint density at radius 2 is 1.82 bits per heavy atom. The molecule has 1 heterocycles. The second-order valence-electron chi connectivity index (χ2n) is 7.95. The summed E-state index contributed by atoms with van der Waals surface area (Å²) >= 11 is 0. The molecule has 0 aliphatic carbocycles. The predicted molar refractivity (Wildman–Crippen MR) is 127 cm³/mol. The summed E-state index contributed by atoms with van der Waals surface area (Å²) in [5.74, 6) is 0.395. The van der Waals surface area contributed by atoms with Gasteiger partial charge in [-0.2, -0.15) is 0 Å². The van der Waals surface area contributed by atoms with Crippen molar-refractivity contribution in [1.82, 2.24) is 4.90 Å². The molecule has 8 nitrogen and oxygen atoms in total. The molecule has 8 heteroatoms. The Labute approximate surface area is 199 Å². The number of carboxylic acid groups (broad SMARTS) is 1. The van der Waals surface area contributed by atoms with Crippen molar-refractivity contribution in [1.29, 1.82) is 0 Å². The molecule has 182 valence electrons. The fourth-order valence-corrected chi connectivity index (χ4v) is 4.23. The summed E-state index contributed by atoms with van der Waals surface area (Å²) in [7, 11) is 4.92. The molecule has 0 radical (unpaired) electrons. The number of ether oxygens (including phenoxy) is 4. The van der Waals surface area contributed by atoms with Crippen LogP contribution < -0.4 is 14.2 Å². The molecule has 0 saturated heterocycles. The molecule has 2 aromatic carbocycles. The minimum atomic E-state index is -1.18. The molecule has 34 heavy (non-hydrogen) atoms. The number of methoxy groups -OCH3 is 3. The number of fused-ring (bicyclic) bond motifs is 1. The van der Waals surface area contributed by atoms with E-state index in [9.17, 15) is 9.59 Å². The van der Waals surface area contributed by atoms with E-state index in [2.05, 4.69) is 17.0 Å². The van der Waals surface area contributed by atoms with E-state index < -0.39 is 11.9 Å². The maximum absolute atomic E-state index is 11.6. The van der Waals surface area contributed by atoms with Gasteiger partial charge in [0.2, 0.25) is 0 Å². The summed E-state index contributed by atoms with van der Waals surface area (Å²) in [4.78, 5) is 24.5. The van der Waals surface area contributed by atoms with E-state index in [1.54, 1.807) is 21.3 Å². The summed E-state index contributed by atoms with van der Waals surface area (Å²) < 4.78 is 21.4. The van der Waals surface area contributed by atoms with Gasteiger partial charge in [0, 0.05) is 31.3 Å². The number of rotatable bonds is 11. The monoisotopic (exact) mass is 469 g/mol. The first kappa shape index (κ1) is 25.1. The molecule has 0 aromatic heterocycles. The smallest absolute Gasteiger partial charge is 0.331 e. The summed E-state index contributed by atoms with van der Waals surface area (Å²) in [6.07, 6.45) is 4.02. The van der Waals surface area contributed by atoms with Gasteiger partial charge in [0.15, 0.2) is 11.5 Å². The van der Waals surface area contributed by atoms with E-state index in [-0.39, 0.29) is 12.6 Å². The molecular weight excluding hydrogens is 438 g/mol. The molecule has 0 saturated carbocycles. The highest BCUT2D eigenvalue weighted by Crippen LogP contribution is 2.36. The van der Waals surface area contributed by atoms with E-state index in [1.165, 1.54) is 11.1 Å². The fraction of sp³-hybridized carbons (Fsp3) is 0.385. The molecule has 1 atom stereocenters. The average molecular weight is 470 g/mol. The summed E-state index contributed by atoms with van der Waals surface area (Å²) in [6.45, 7) is 1.82. The molecule has 1 aliphatic heterocycles. The number of esters is 1. The van der Waals surface area contributed by atoms with Crippen LogP contribution in [0.4, 0.5) is 0 Å². The van der Waals surface area contributed by atoms with Crippen LogP contribution in [0.1, 0.15) is 29.2 Å². The number of hydrogen-bond donors (Lipinski definition) is 1. The highest BCUT2D eigenvalue weighted by atomic mass is 16.5. The number of carbonyl (C=O) groups excluding carboxylic acids is 1. The van der Waals surface area contributed by atoms with E-state index in [0.717, 1.165) is 49.4 Å². The van der Waals surface area contributed by atoms with E-state index >= 15 is 0 Å². The maximum Gasteiger partial charge on any atom is 0.331 e. The van der Waals surface area contributed by atoms with Crippen LogP contribution in [0.2, 0.25) is 0 Å². The van der Waals surface area contributed by atoms with Crippen molar-refractivity contribution in [2.45, 2.75) is 25.3 Å². The van der Waals surface area contributed by atoms with Gasteiger partial charge in [-0.05, 0) is 60.2 Å². The third-order valence-electron chi connectivity index (χ3n) is 5.89. The van der Waals surface area contributed by atoms with Gasteiger partial charge in [0.1, 0.15) is 5.75 Å². The largest absolute Gasteiger partial charge is 0.497 e. The van der Waals surface area contributed by atoms with Crippen LogP contribution in [-0.4, -0.2) is 63.0 Å². The number of nitrogens with zero attached hydrogens (tertiary/aromatic N) is 1. The molecule has 0 bridgehead atoms. The van der Waals surface area contributed by atoms with Crippen LogP contribution in [-0.2, 0) is 27.2 Å². The van der Waals surface area contributed by atoms with Crippen LogP contribution in [0, 0.1) is 0 Å². The number of carbonyl (C=O) groups is 2. The first-order chi connectivity index (χ1) is 16.4. The normalized spacial score (nSPS) is 15.6. The Morgan fingerprint density at radius 3 is 2.53 bits per heavy atom. The SMILES string of the molecule is COc1ccc2c(c1)CCN(CCCOC(=O)/C=C\C(=O)O)[C@@H]2Cc1ccc(OC)c(OC)c1. The van der Waals surface area contributed by atoms with E-state index in [4.69, 9.17) is 24.1 Å². The molecular formula is C26H31NO7. The Kier molecular flexibility index (Phi) is 8.93. The van der Waals surface area contributed by atoms with Crippen LogP contribution >= 0.6 is 0 Å². The topological polar surface area (TPSA) is 94.5 Å². The highest BCUT2D eigenvalue weighted by Gasteiger charge is 2.28. The zero-order chi connectivity index (χ0) is 24.5. The van der Waals surface area contributed by atoms with Crippen molar-refractivity contribution in [3.05, 3.63) is 65.2 Å². The van der Waals surface area contributed by atoms with Crippen molar-refractivity contribution < 1.29 is 33.6 Å². The Bertz CT molecular complexity index is 1030. The zero-order valence-electron chi connectivity index (χ0n) is 19.8. The first-order valence-electron chi connectivity index (χ1n) is 11.1. The predicted octanol–water partition coefficient (Wildman–Crippen LogP) is 3.43. The van der Waals surface area contributed by atoms with Crippen LogP contribution in [0.25, 0.3) is 0 Å². The van der Waals surface area contributed by atoms with Crippen LogP contribution in [0.3, 0.4) is 0 Å². The Hall–Kier alpha value is -3.52. The number of hydrogen-bond acceptors (Lipinski definition) is 7. The molecule has 2 aromatic rings. The van der Waals surface area contributed by atoms with Crippen molar-refractivity contribution in [3.8, 4) is 17.2 Å². The third-order valence-corrected chi connectivity index (χ3v) is 5.89. The summed E-state index contributed by atoms with van der Waals surface area (Å²) in [6, 6.07) is 12.3. The standard InChI is InChI=1S/C26H31NO7/c1-31-20-6-7-21-19(17-20)11-13-27(12-4-14-34-26(30)10-9-25(28)29)22(21)15-18-5-8-23(32-2)24(16-18)33-3/h5-10,16-17,22H,4,11-15H2,1-3H3,(H,28,29)/b10-9-/t22-/m1/s1. The van der Waals surface area contributed by atoms with Crippen LogP contribution in [0.5, 0.6) is 17.2 Å². The maximum atomic E-state index is 11.6. The van der Waals surface area contributed by atoms with E-state index in [0.29, 0.717) is 17.9 Å². The molecule has 1 aliphatic rings. The molecule has 0 unspecified atom stereocenters. The first-order valence-corrected chi connectivity index (χ1v) is 11.1. The highest BCUT2D eigenvalue weighted by molar-refractivity contribution is 5.90. The number of carboxylic acids is 1. The Morgan fingerprint density at radius 1 is 1.03 bits per heavy atom. The lowest BCUT2D eigenvalue weighted by Crippen LogP contribution is -2.37. The van der Waals surface area contributed by atoms with Gasteiger partial charge < -0.3 is 24.1 Å². The van der Waals surface area contributed by atoms with Gasteiger partial charge in [-0.25, -0.2) is 9.59 Å². The van der Waals surface area contributed by atoms with Gasteiger partial charge in [-0.3, -0.25) is 4.90 Å². The average Bonchev–Trinajstić information content (AvgIpc) is 2.85. The minimum Gasteiger partial charge on any atom is -0.497 e. The van der Waals surface area contributed by atoms with Crippen molar-refractivity contribution in [2.24, 2.45) is 0 Å². The quantitative estimate of drug-likeness (QED) is 0.304. The van der Waals surface area contributed by atoms with Gasteiger partial charge in [-0.15, -0.1) is 0 Å². The lowest BCUT2D eigenvalue weighted by atomic mass is 9.88. The zero-order valence-corrected chi connectivity index (χ0v) is 19.8. The molecule has 3 rings (SSSR count). The number of benzene rings is 2. The van der Waals surface area contributed by atoms with Gasteiger partial charge in [0.25, 0.3) is 0 Å². The fourth-order valence-electron chi connectivity index (χ4n) is 4.23. The molecule has 1 N–H and O–H groups in total. The second kappa shape index (κ2) is 12.1. The lowest BCUT2D eigenvalue weighted by Gasteiger charge is -2.38. The van der Waals surface area contributed by atoms with Gasteiger partial charge in [-0.1, -0.05) is 12.1 Å². The Balaban J connectivity index is 1.74. The summed E-state index contributed by atoms with van der Waals surface area (Å²) in [5.41, 5.74) is 3.65.